The third kappa shape index (κ3) is 4.55. The molecule has 0 spiro atoms. The van der Waals surface area contributed by atoms with E-state index in [1.807, 2.05) is 4.90 Å². The maximum absolute atomic E-state index is 11.9. The van der Waals surface area contributed by atoms with E-state index in [0.29, 0.717) is 19.6 Å². The van der Waals surface area contributed by atoms with Crippen LogP contribution in [0.2, 0.25) is 0 Å². The number of rotatable bonds is 5. The van der Waals surface area contributed by atoms with Gasteiger partial charge in [0, 0.05) is 19.6 Å². The number of nitrogens with zero attached hydrogens (tertiary/aromatic N) is 1. The fourth-order valence-corrected chi connectivity index (χ4v) is 3.15. The fraction of sp³-hybridized carbons (Fsp3) is 0.588. The normalized spacial score (nSPS) is 19.0. The first-order chi connectivity index (χ1) is 9.95. The Morgan fingerprint density at radius 1 is 1.33 bits per heavy atom. The van der Waals surface area contributed by atoms with Gasteiger partial charge >= 0.3 is 0 Å². The number of likely N-dealkylation sites (tertiary alicyclic amines) is 1. The summed E-state index contributed by atoms with van der Waals surface area (Å²) in [4.78, 5) is 13.9. The molecule has 0 radical (unpaired) electrons. The number of carbonyl (C=O) groups is 1. The lowest BCUT2D eigenvalue weighted by Crippen LogP contribution is -2.37. The smallest absolute Gasteiger partial charge is 0.234 e. The monoisotopic (exact) mass is 290 g/mol. The molecule has 0 saturated carbocycles. The molecule has 116 valence electrons. The predicted molar refractivity (Wildman–Crippen MR) is 84.4 cm³/mol. The van der Waals surface area contributed by atoms with Crippen molar-refractivity contribution in [3.63, 3.8) is 0 Å². The highest BCUT2D eigenvalue weighted by Gasteiger charge is 2.21. The first-order valence-corrected chi connectivity index (χ1v) is 7.69. The second-order valence-corrected chi connectivity index (χ2v) is 6.15. The number of hydrogen-bond acceptors (Lipinski definition) is 3. The molecular formula is C17H26N2O2. The molecule has 1 aliphatic heterocycles. The highest BCUT2D eigenvalue weighted by Crippen LogP contribution is 2.16. The third-order valence-corrected chi connectivity index (χ3v) is 4.15. The number of benzene rings is 1. The maximum Gasteiger partial charge on any atom is 0.234 e. The summed E-state index contributed by atoms with van der Waals surface area (Å²) in [6.45, 7) is 8.85. The van der Waals surface area contributed by atoms with E-state index < -0.39 is 0 Å². The minimum Gasteiger partial charge on any atom is -0.392 e. The van der Waals surface area contributed by atoms with Crippen LogP contribution in [0.1, 0.15) is 28.7 Å². The van der Waals surface area contributed by atoms with Crippen LogP contribution in [0.5, 0.6) is 0 Å². The molecule has 1 aromatic carbocycles. The lowest BCUT2D eigenvalue weighted by atomic mass is 9.97. The van der Waals surface area contributed by atoms with Crippen LogP contribution in [0.25, 0.3) is 0 Å². The fourth-order valence-electron chi connectivity index (χ4n) is 3.15. The van der Waals surface area contributed by atoms with Crippen LogP contribution in [0.4, 0.5) is 0 Å². The van der Waals surface area contributed by atoms with Gasteiger partial charge in [0.25, 0.3) is 0 Å². The molecule has 1 fully saturated rings. The van der Waals surface area contributed by atoms with Crippen molar-refractivity contribution in [3.05, 3.63) is 34.4 Å². The summed E-state index contributed by atoms with van der Waals surface area (Å²) < 4.78 is 0. The Hall–Kier alpha value is -1.39. The average Bonchev–Trinajstić information content (AvgIpc) is 2.78. The standard InChI is InChI=1S/C17H26N2O2/c1-12-8-13(2)16(14(3)9-12)4-6-18-17(21)11-19-7-5-15(20)10-19/h8-9,15,20H,4-7,10-11H2,1-3H3,(H,18,21)/t15-/m0/s1. The van der Waals surface area contributed by atoms with Crippen LogP contribution in [0.3, 0.4) is 0 Å². The van der Waals surface area contributed by atoms with Crippen LogP contribution in [-0.2, 0) is 11.2 Å². The van der Waals surface area contributed by atoms with Gasteiger partial charge in [-0.2, -0.15) is 0 Å². The molecule has 4 nitrogen and oxygen atoms in total. The number of aryl methyl sites for hydroxylation is 3. The molecule has 2 rings (SSSR count). The molecule has 0 bridgehead atoms. The number of aliphatic hydroxyl groups excluding tert-OH is 1. The number of amides is 1. The van der Waals surface area contributed by atoms with E-state index >= 15 is 0 Å². The van der Waals surface area contributed by atoms with Crippen LogP contribution < -0.4 is 5.32 Å². The van der Waals surface area contributed by atoms with Gasteiger partial charge < -0.3 is 10.4 Å². The van der Waals surface area contributed by atoms with Crippen molar-refractivity contribution in [2.75, 3.05) is 26.2 Å². The molecule has 1 heterocycles. The molecule has 1 amide bonds. The quantitative estimate of drug-likeness (QED) is 0.860. The van der Waals surface area contributed by atoms with Gasteiger partial charge in [-0.25, -0.2) is 0 Å². The van der Waals surface area contributed by atoms with E-state index in [2.05, 4.69) is 38.2 Å². The SMILES string of the molecule is Cc1cc(C)c(CCNC(=O)CN2CC[C@H](O)C2)c(C)c1. The minimum atomic E-state index is -0.268. The van der Waals surface area contributed by atoms with Gasteiger partial charge in [0.2, 0.25) is 5.91 Å². The number of β-amino-alcohol motifs (C(OH)–C–C–N with tert-alkyl or cyclic N) is 1. The number of nitrogens with one attached hydrogen (secondary N) is 1. The topological polar surface area (TPSA) is 52.6 Å². The predicted octanol–water partition coefficient (Wildman–Crippen LogP) is 1.34. The Labute approximate surface area is 127 Å². The molecule has 1 atom stereocenters. The van der Waals surface area contributed by atoms with E-state index in [-0.39, 0.29) is 12.0 Å². The first kappa shape index (κ1) is 16.0. The van der Waals surface area contributed by atoms with E-state index in [4.69, 9.17) is 0 Å². The summed E-state index contributed by atoms with van der Waals surface area (Å²) in [6, 6.07) is 4.38. The van der Waals surface area contributed by atoms with Crippen molar-refractivity contribution in [2.24, 2.45) is 0 Å². The molecule has 2 N–H and O–H groups in total. The molecule has 0 aliphatic carbocycles. The summed E-state index contributed by atoms with van der Waals surface area (Å²) in [5.41, 5.74) is 5.21. The Bertz CT molecular complexity index is 491. The highest BCUT2D eigenvalue weighted by molar-refractivity contribution is 5.78. The van der Waals surface area contributed by atoms with E-state index in [0.717, 1.165) is 19.4 Å². The van der Waals surface area contributed by atoms with E-state index in [1.54, 1.807) is 0 Å². The highest BCUT2D eigenvalue weighted by atomic mass is 16.3. The van der Waals surface area contributed by atoms with Crippen LogP contribution in [-0.4, -0.2) is 48.2 Å². The summed E-state index contributed by atoms with van der Waals surface area (Å²) in [7, 11) is 0. The minimum absolute atomic E-state index is 0.0477. The Balaban J connectivity index is 1.78. The van der Waals surface area contributed by atoms with Crippen LogP contribution in [0.15, 0.2) is 12.1 Å². The molecule has 1 saturated heterocycles. The van der Waals surface area contributed by atoms with Gasteiger partial charge in [-0.15, -0.1) is 0 Å². The summed E-state index contributed by atoms with van der Waals surface area (Å²) in [6.07, 6.45) is 1.37. The molecule has 0 unspecified atom stereocenters. The van der Waals surface area contributed by atoms with Crippen LogP contribution >= 0.6 is 0 Å². The Kier molecular flexibility index (Phi) is 5.37. The third-order valence-electron chi connectivity index (χ3n) is 4.15. The molecule has 4 heteroatoms. The number of carbonyl (C=O) groups excluding carboxylic acids is 1. The first-order valence-electron chi connectivity index (χ1n) is 7.69. The molecular weight excluding hydrogens is 264 g/mol. The van der Waals surface area contributed by atoms with E-state index in [9.17, 15) is 9.90 Å². The summed E-state index contributed by atoms with van der Waals surface area (Å²) in [5, 5.41) is 12.4. The largest absolute Gasteiger partial charge is 0.392 e. The van der Waals surface area contributed by atoms with Crippen molar-refractivity contribution in [2.45, 2.75) is 39.7 Å². The molecule has 0 aromatic heterocycles. The van der Waals surface area contributed by atoms with Crippen molar-refractivity contribution in [3.8, 4) is 0 Å². The van der Waals surface area contributed by atoms with Gasteiger partial charge in [0.1, 0.15) is 0 Å². The van der Waals surface area contributed by atoms with Gasteiger partial charge in [-0.3, -0.25) is 9.69 Å². The molecule has 1 aliphatic rings. The zero-order chi connectivity index (χ0) is 15.4. The average molecular weight is 290 g/mol. The lowest BCUT2D eigenvalue weighted by Gasteiger charge is -2.15. The Morgan fingerprint density at radius 3 is 2.57 bits per heavy atom. The van der Waals surface area contributed by atoms with Crippen molar-refractivity contribution in [1.82, 2.24) is 10.2 Å². The second-order valence-electron chi connectivity index (χ2n) is 6.15. The zero-order valence-electron chi connectivity index (χ0n) is 13.3. The number of hydrogen-bond donors (Lipinski definition) is 2. The van der Waals surface area contributed by atoms with Crippen LogP contribution in [0, 0.1) is 20.8 Å². The maximum atomic E-state index is 11.9. The van der Waals surface area contributed by atoms with Gasteiger partial charge in [-0.1, -0.05) is 17.7 Å². The van der Waals surface area contributed by atoms with Crippen molar-refractivity contribution in [1.29, 1.82) is 0 Å². The van der Waals surface area contributed by atoms with Gasteiger partial charge in [0.05, 0.1) is 12.6 Å². The molecule has 1 aromatic rings. The second kappa shape index (κ2) is 7.05. The van der Waals surface area contributed by atoms with E-state index in [1.165, 1.54) is 22.3 Å². The molecule has 21 heavy (non-hydrogen) atoms. The Morgan fingerprint density at radius 2 is 2.00 bits per heavy atom. The zero-order valence-corrected chi connectivity index (χ0v) is 13.3. The lowest BCUT2D eigenvalue weighted by molar-refractivity contribution is -0.122. The summed E-state index contributed by atoms with van der Waals surface area (Å²) in [5.74, 6) is 0.0477. The van der Waals surface area contributed by atoms with Crippen molar-refractivity contribution < 1.29 is 9.90 Å². The van der Waals surface area contributed by atoms with Crippen molar-refractivity contribution >= 4 is 5.91 Å². The summed E-state index contributed by atoms with van der Waals surface area (Å²) >= 11 is 0. The van der Waals surface area contributed by atoms with Gasteiger partial charge in [0.15, 0.2) is 0 Å². The van der Waals surface area contributed by atoms with Gasteiger partial charge in [-0.05, 0) is 50.3 Å². The number of aliphatic hydroxyl groups is 1.